The fraction of sp³-hybridized carbons (Fsp3) is 0.0145. The van der Waals surface area contributed by atoms with Crippen molar-refractivity contribution in [2.75, 3.05) is 0 Å². The smallest absolute Gasteiger partial charge is 0.0979 e. The van der Waals surface area contributed by atoms with Crippen LogP contribution in [0.2, 0.25) is 0 Å². The molecule has 12 aromatic rings. The Labute approximate surface area is 419 Å². The lowest BCUT2D eigenvalue weighted by Gasteiger charge is -2.18. The predicted octanol–water partition coefficient (Wildman–Crippen LogP) is 18.1. The van der Waals surface area contributed by atoms with Crippen LogP contribution < -0.4 is 0 Å². The molecule has 0 N–H and O–H groups in total. The van der Waals surface area contributed by atoms with E-state index in [9.17, 15) is 0 Å². The van der Waals surface area contributed by atoms with Gasteiger partial charge in [-0.1, -0.05) is 213 Å². The number of benzene rings is 10. The third-order valence-corrected chi connectivity index (χ3v) is 14.2. The van der Waals surface area contributed by atoms with E-state index in [0.717, 1.165) is 95.5 Å². The minimum atomic E-state index is 0.758. The number of allylic oxidation sites excluding steroid dienone is 6. The second-order valence-corrected chi connectivity index (χ2v) is 18.5. The van der Waals surface area contributed by atoms with Crippen molar-refractivity contribution in [1.29, 1.82) is 0 Å². The van der Waals surface area contributed by atoms with Gasteiger partial charge < -0.3 is 4.57 Å². The molecule has 13 rings (SSSR count). The van der Waals surface area contributed by atoms with Gasteiger partial charge >= 0.3 is 0 Å². The van der Waals surface area contributed by atoms with Crippen LogP contribution in [0.25, 0.3) is 122 Å². The molecule has 0 bridgehead atoms. The summed E-state index contributed by atoms with van der Waals surface area (Å²) >= 11 is 0. The molecular formula is C69H47N3. The van der Waals surface area contributed by atoms with Crippen LogP contribution in [0.1, 0.15) is 11.3 Å². The van der Waals surface area contributed by atoms with E-state index >= 15 is 0 Å². The van der Waals surface area contributed by atoms with E-state index in [1.807, 2.05) is 12.1 Å². The molecule has 0 aliphatic heterocycles. The van der Waals surface area contributed by atoms with Gasteiger partial charge in [0.05, 0.1) is 39.3 Å². The zero-order valence-corrected chi connectivity index (χ0v) is 39.6. The average molecular weight is 918 g/mol. The summed E-state index contributed by atoms with van der Waals surface area (Å²) in [5, 5.41) is 5.91. The molecular weight excluding hydrogens is 871 g/mol. The molecule has 0 atom stereocenters. The first-order valence-electron chi connectivity index (χ1n) is 24.6. The standard InChI is InChI=1S/C69H47N3/c1-46-19-6-2-13-28-61-65(40-33-46)72(66-42-38-57-55(29-18-30-59(57)67(61)66)51-36-34-50(35-37-51)47-20-7-3-8-21-47)64-41-39-60(56-26-14-15-27-58(56)64)69-68(70-62-31-16-17-32-63(62)71-69)54-44-52(48-22-9-4-10-23-48)43-53(45-54)49-24-11-5-12-25-49/h2-27,29-45H,1,28H2/b13-2-,19-6-,40-33?. The van der Waals surface area contributed by atoms with Gasteiger partial charge in [0.25, 0.3) is 0 Å². The van der Waals surface area contributed by atoms with Gasteiger partial charge in [-0.3, -0.25) is 0 Å². The first-order valence-corrected chi connectivity index (χ1v) is 24.6. The number of fused-ring (bicyclic) bond motifs is 7. The summed E-state index contributed by atoms with van der Waals surface area (Å²) in [6, 6.07) is 80.6. The van der Waals surface area contributed by atoms with Crippen LogP contribution in [0.3, 0.4) is 0 Å². The molecule has 72 heavy (non-hydrogen) atoms. The van der Waals surface area contributed by atoms with Gasteiger partial charge in [0.2, 0.25) is 0 Å². The maximum Gasteiger partial charge on any atom is 0.0979 e. The van der Waals surface area contributed by atoms with Gasteiger partial charge in [-0.25, -0.2) is 9.97 Å². The molecule has 0 fully saturated rings. The Morgan fingerprint density at radius 1 is 0.375 bits per heavy atom. The number of nitrogens with zero attached hydrogens (tertiary/aromatic N) is 3. The third-order valence-electron chi connectivity index (χ3n) is 14.2. The molecule has 3 nitrogen and oxygen atoms in total. The van der Waals surface area contributed by atoms with Crippen LogP contribution in [0, 0.1) is 0 Å². The molecule has 0 saturated carbocycles. The predicted molar refractivity (Wildman–Crippen MR) is 304 cm³/mol. The summed E-state index contributed by atoms with van der Waals surface area (Å²) < 4.78 is 2.48. The Hall–Kier alpha value is -9.44. The Kier molecular flexibility index (Phi) is 10.7. The van der Waals surface area contributed by atoms with Crippen molar-refractivity contribution in [3.8, 4) is 72.7 Å². The van der Waals surface area contributed by atoms with Crippen molar-refractivity contribution in [1.82, 2.24) is 14.5 Å². The summed E-state index contributed by atoms with van der Waals surface area (Å²) in [6.45, 7) is 4.40. The van der Waals surface area contributed by atoms with Crippen LogP contribution in [0.15, 0.2) is 267 Å². The molecule has 2 aromatic heterocycles. The van der Waals surface area contributed by atoms with E-state index in [2.05, 4.69) is 260 Å². The molecule has 338 valence electrons. The van der Waals surface area contributed by atoms with Crippen LogP contribution in [0.4, 0.5) is 0 Å². The lowest BCUT2D eigenvalue weighted by atomic mass is 9.92. The Bertz CT molecular complexity index is 4100. The zero-order valence-electron chi connectivity index (χ0n) is 39.6. The lowest BCUT2D eigenvalue weighted by Crippen LogP contribution is -2.01. The summed E-state index contributed by atoms with van der Waals surface area (Å²) in [5.74, 6) is 0. The summed E-state index contributed by atoms with van der Waals surface area (Å²) in [4.78, 5) is 11.0. The summed E-state index contributed by atoms with van der Waals surface area (Å²) in [7, 11) is 0. The van der Waals surface area contributed by atoms with E-state index in [0.29, 0.717) is 0 Å². The van der Waals surface area contributed by atoms with Crippen molar-refractivity contribution in [3.63, 3.8) is 0 Å². The van der Waals surface area contributed by atoms with Gasteiger partial charge in [0.15, 0.2) is 0 Å². The van der Waals surface area contributed by atoms with Gasteiger partial charge in [-0.05, 0) is 133 Å². The normalized spacial score (nSPS) is 13.4. The van der Waals surface area contributed by atoms with Crippen molar-refractivity contribution in [2.24, 2.45) is 0 Å². The minimum Gasteiger partial charge on any atom is -0.309 e. The number of rotatable bonds is 7. The van der Waals surface area contributed by atoms with Crippen LogP contribution in [-0.4, -0.2) is 14.5 Å². The van der Waals surface area contributed by atoms with Crippen molar-refractivity contribution >= 4 is 49.6 Å². The summed E-state index contributed by atoms with van der Waals surface area (Å²) in [6.07, 6.45) is 13.7. The molecule has 0 radical (unpaired) electrons. The highest BCUT2D eigenvalue weighted by molar-refractivity contribution is 6.15. The second-order valence-electron chi connectivity index (χ2n) is 18.5. The van der Waals surface area contributed by atoms with Crippen molar-refractivity contribution in [3.05, 3.63) is 278 Å². The maximum absolute atomic E-state index is 5.52. The highest BCUT2D eigenvalue weighted by Gasteiger charge is 2.24. The first kappa shape index (κ1) is 42.6. The Morgan fingerprint density at radius 3 is 1.62 bits per heavy atom. The Balaban J connectivity index is 1.03. The molecule has 1 aliphatic rings. The van der Waals surface area contributed by atoms with Crippen molar-refractivity contribution in [2.45, 2.75) is 6.42 Å². The van der Waals surface area contributed by atoms with Gasteiger partial charge in [-0.2, -0.15) is 0 Å². The van der Waals surface area contributed by atoms with Gasteiger partial charge in [-0.15, -0.1) is 0 Å². The van der Waals surface area contributed by atoms with Crippen LogP contribution >= 0.6 is 0 Å². The molecule has 0 spiro atoms. The van der Waals surface area contributed by atoms with E-state index in [4.69, 9.17) is 9.97 Å². The highest BCUT2D eigenvalue weighted by Crippen LogP contribution is 2.44. The molecule has 2 heterocycles. The second kappa shape index (κ2) is 18.1. The van der Waals surface area contributed by atoms with Crippen LogP contribution in [-0.2, 0) is 6.42 Å². The fourth-order valence-electron chi connectivity index (χ4n) is 10.7. The fourth-order valence-corrected chi connectivity index (χ4v) is 10.7. The molecule has 0 unspecified atom stereocenters. The first-order chi connectivity index (χ1) is 35.6. The average Bonchev–Trinajstić information content (AvgIpc) is 3.77. The van der Waals surface area contributed by atoms with Gasteiger partial charge in [0, 0.05) is 21.9 Å². The Morgan fingerprint density at radius 2 is 0.931 bits per heavy atom. The number of hydrogen-bond donors (Lipinski definition) is 0. The molecule has 3 heteroatoms. The van der Waals surface area contributed by atoms with Crippen LogP contribution in [0.5, 0.6) is 0 Å². The van der Waals surface area contributed by atoms with E-state index < -0.39 is 0 Å². The SMILES string of the molecule is C=C1C=Cc2c(c3c4cccc(-c5ccc(-c6ccccc6)cc5)c4ccc3n2-c2ccc(-c3nc4ccccc4nc3-c3cc(-c4ccccc4)cc(-c4ccccc4)c3)c3ccccc23)C/C=C\C=C/1. The monoisotopic (exact) mass is 917 g/mol. The van der Waals surface area contributed by atoms with E-state index in [1.54, 1.807) is 0 Å². The van der Waals surface area contributed by atoms with Crippen molar-refractivity contribution < 1.29 is 0 Å². The number of para-hydroxylation sites is 2. The third kappa shape index (κ3) is 7.65. The number of aromatic nitrogens is 3. The molecule has 1 aliphatic carbocycles. The van der Waals surface area contributed by atoms with Gasteiger partial charge in [0.1, 0.15) is 0 Å². The summed E-state index contributed by atoms with van der Waals surface area (Å²) in [5.41, 5.74) is 20.3. The molecule has 10 aromatic carbocycles. The zero-order chi connectivity index (χ0) is 48.0. The van der Waals surface area contributed by atoms with E-state index in [-0.39, 0.29) is 0 Å². The van der Waals surface area contributed by atoms with E-state index in [1.165, 1.54) is 44.0 Å². The molecule has 0 saturated heterocycles. The largest absolute Gasteiger partial charge is 0.309 e. The maximum atomic E-state index is 5.52. The highest BCUT2D eigenvalue weighted by atomic mass is 15.0. The number of hydrogen-bond acceptors (Lipinski definition) is 2. The topological polar surface area (TPSA) is 30.7 Å². The lowest BCUT2D eigenvalue weighted by molar-refractivity contribution is 1.09. The minimum absolute atomic E-state index is 0.758. The quantitative estimate of drug-likeness (QED) is 0.159. The molecule has 0 amide bonds.